The first-order valence-electron chi connectivity index (χ1n) is 4.63. The second-order valence-corrected chi connectivity index (χ2v) is 4.11. The zero-order valence-corrected chi connectivity index (χ0v) is 9.72. The Balaban J connectivity index is 2.30. The Hall–Kier alpha value is -1.90. The van der Waals surface area contributed by atoms with E-state index in [-0.39, 0.29) is 11.7 Å². The normalized spacial score (nSPS) is 11.6. The van der Waals surface area contributed by atoms with Crippen molar-refractivity contribution in [2.75, 3.05) is 7.05 Å². The number of hydrogen-bond acceptors (Lipinski definition) is 5. The molecule has 5 nitrogen and oxygen atoms in total. The molecule has 0 unspecified atom stereocenters. The van der Waals surface area contributed by atoms with E-state index in [4.69, 9.17) is 0 Å². The number of aromatic nitrogens is 2. The number of rotatable bonds is 2. The first-order chi connectivity index (χ1) is 8.41. The van der Waals surface area contributed by atoms with Crippen molar-refractivity contribution in [1.29, 1.82) is 0 Å². The van der Waals surface area contributed by atoms with Crippen molar-refractivity contribution in [3.63, 3.8) is 0 Å². The average Bonchev–Trinajstić information content (AvgIpc) is 2.94. The number of thiophene rings is 1. The highest BCUT2D eigenvalue weighted by atomic mass is 32.1. The summed E-state index contributed by atoms with van der Waals surface area (Å²) in [5.41, 5.74) is 0.304. The second kappa shape index (κ2) is 4.41. The standard InChI is InChI=1S/C9H6F3N3O2S/c1-13-7(16)5-2-4(3-18-5)6-14-8(17-15-6)9(10,11)12/h2-3H,1H3,(H,13,16). The summed E-state index contributed by atoms with van der Waals surface area (Å²) in [6, 6.07) is 1.40. The van der Waals surface area contributed by atoms with Crippen molar-refractivity contribution in [1.82, 2.24) is 15.5 Å². The summed E-state index contributed by atoms with van der Waals surface area (Å²) in [6.07, 6.45) is -4.68. The maximum atomic E-state index is 12.2. The molecule has 0 radical (unpaired) electrons. The van der Waals surface area contributed by atoms with Gasteiger partial charge in [-0.25, -0.2) is 0 Å². The van der Waals surface area contributed by atoms with Gasteiger partial charge in [0.05, 0.1) is 4.88 Å². The van der Waals surface area contributed by atoms with E-state index in [0.717, 1.165) is 11.3 Å². The molecule has 0 bridgehead atoms. The number of carbonyl (C=O) groups excluding carboxylic acids is 1. The maximum Gasteiger partial charge on any atom is 0.471 e. The molecule has 0 aliphatic rings. The summed E-state index contributed by atoms with van der Waals surface area (Å²) in [7, 11) is 1.46. The molecular formula is C9H6F3N3O2S. The Morgan fingerprint density at radius 3 is 2.78 bits per heavy atom. The third-order valence-electron chi connectivity index (χ3n) is 1.98. The van der Waals surface area contributed by atoms with Gasteiger partial charge in [0.15, 0.2) is 0 Å². The fourth-order valence-corrected chi connectivity index (χ4v) is 1.98. The van der Waals surface area contributed by atoms with Gasteiger partial charge in [-0.05, 0) is 6.07 Å². The molecule has 2 aromatic heterocycles. The molecule has 2 rings (SSSR count). The fraction of sp³-hybridized carbons (Fsp3) is 0.222. The van der Waals surface area contributed by atoms with E-state index in [1.165, 1.54) is 18.5 Å². The van der Waals surface area contributed by atoms with Crippen molar-refractivity contribution < 1.29 is 22.5 Å². The molecule has 0 saturated carbocycles. The number of amides is 1. The largest absolute Gasteiger partial charge is 0.471 e. The second-order valence-electron chi connectivity index (χ2n) is 3.20. The molecule has 2 heterocycles. The molecule has 0 fully saturated rings. The van der Waals surface area contributed by atoms with Gasteiger partial charge in [0.25, 0.3) is 5.91 Å². The van der Waals surface area contributed by atoms with E-state index in [0.29, 0.717) is 10.4 Å². The lowest BCUT2D eigenvalue weighted by Gasteiger charge is -1.95. The molecule has 2 aromatic rings. The lowest BCUT2D eigenvalue weighted by atomic mass is 10.3. The molecule has 1 N–H and O–H groups in total. The van der Waals surface area contributed by atoms with Crippen molar-refractivity contribution in [3.05, 3.63) is 22.2 Å². The number of carbonyl (C=O) groups is 1. The van der Waals surface area contributed by atoms with Gasteiger partial charge in [0.2, 0.25) is 5.82 Å². The van der Waals surface area contributed by atoms with Crippen LogP contribution in [0.5, 0.6) is 0 Å². The first-order valence-corrected chi connectivity index (χ1v) is 5.51. The van der Waals surface area contributed by atoms with Gasteiger partial charge in [-0.15, -0.1) is 11.3 Å². The van der Waals surface area contributed by atoms with E-state index < -0.39 is 12.1 Å². The lowest BCUT2D eigenvalue weighted by Crippen LogP contribution is -2.16. The molecule has 0 aliphatic carbocycles. The van der Waals surface area contributed by atoms with Crippen LogP contribution in [0.2, 0.25) is 0 Å². The van der Waals surface area contributed by atoms with Crippen LogP contribution < -0.4 is 5.32 Å². The summed E-state index contributed by atoms with van der Waals surface area (Å²) in [6.45, 7) is 0. The minimum Gasteiger partial charge on any atom is -0.354 e. The van der Waals surface area contributed by atoms with Crippen LogP contribution >= 0.6 is 11.3 Å². The van der Waals surface area contributed by atoms with Crippen molar-refractivity contribution in [3.8, 4) is 11.4 Å². The number of halogens is 3. The lowest BCUT2D eigenvalue weighted by molar-refractivity contribution is -0.159. The SMILES string of the molecule is CNC(=O)c1cc(-c2noc(C(F)(F)F)n2)cs1. The van der Waals surface area contributed by atoms with Crippen LogP contribution in [0.4, 0.5) is 13.2 Å². The van der Waals surface area contributed by atoms with E-state index in [1.807, 2.05) is 0 Å². The van der Waals surface area contributed by atoms with Gasteiger partial charge in [0.1, 0.15) is 0 Å². The van der Waals surface area contributed by atoms with E-state index in [9.17, 15) is 18.0 Å². The molecular weight excluding hydrogens is 271 g/mol. The van der Waals surface area contributed by atoms with Crippen LogP contribution in [0.25, 0.3) is 11.4 Å². The van der Waals surface area contributed by atoms with Crippen LogP contribution in [0.1, 0.15) is 15.6 Å². The number of nitrogens with one attached hydrogen (secondary N) is 1. The molecule has 0 saturated heterocycles. The summed E-state index contributed by atoms with van der Waals surface area (Å²) in [5.74, 6) is -1.94. The van der Waals surface area contributed by atoms with Crippen molar-refractivity contribution in [2.24, 2.45) is 0 Å². The Morgan fingerprint density at radius 1 is 1.50 bits per heavy atom. The predicted octanol–water partition coefficient (Wildman–Crippen LogP) is 2.18. The Kier molecular flexibility index (Phi) is 3.07. The monoisotopic (exact) mass is 277 g/mol. The van der Waals surface area contributed by atoms with Crippen molar-refractivity contribution >= 4 is 17.2 Å². The minimum absolute atomic E-state index is 0.200. The molecule has 0 aromatic carbocycles. The molecule has 9 heteroatoms. The van der Waals surface area contributed by atoms with Crippen molar-refractivity contribution in [2.45, 2.75) is 6.18 Å². The van der Waals surface area contributed by atoms with E-state index >= 15 is 0 Å². The molecule has 0 aliphatic heterocycles. The van der Waals surface area contributed by atoms with Gasteiger partial charge < -0.3 is 9.84 Å². The number of alkyl halides is 3. The molecule has 18 heavy (non-hydrogen) atoms. The summed E-state index contributed by atoms with van der Waals surface area (Å²) in [5, 5.41) is 7.10. The molecule has 0 atom stereocenters. The van der Waals surface area contributed by atoms with E-state index in [1.54, 1.807) is 0 Å². The van der Waals surface area contributed by atoms with Gasteiger partial charge in [-0.2, -0.15) is 18.2 Å². The summed E-state index contributed by atoms with van der Waals surface area (Å²) in [4.78, 5) is 14.9. The molecule has 0 spiro atoms. The Labute approximate surface area is 103 Å². The predicted molar refractivity (Wildman–Crippen MR) is 56.0 cm³/mol. The highest BCUT2D eigenvalue weighted by molar-refractivity contribution is 7.12. The van der Waals surface area contributed by atoms with Gasteiger partial charge in [-0.1, -0.05) is 5.16 Å². The zero-order valence-electron chi connectivity index (χ0n) is 8.91. The van der Waals surface area contributed by atoms with Crippen LogP contribution in [0.3, 0.4) is 0 Å². The highest BCUT2D eigenvalue weighted by Gasteiger charge is 2.38. The third-order valence-corrected chi connectivity index (χ3v) is 2.91. The van der Waals surface area contributed by atoms with Gasteiger partial charge in [-0.3, -0.25) is 4.79 Å². The van der Waals surface area contributed by atoms with Crippen LogP contribution in [-0.2, 0) is 6.18 Å². The van der Waals surface area contributed by atoms with Crippen LogP contribution in [-0.4, -0.2) is 23.1 Å². The fourth-order valence-electron chi connectivity index (χ4n) is 1.15. The van der Waals surface area contributed by atoms with Gasteiger partial charge >= 0.3 is 12.1 Å². The first kappa shape index (κ1) is 12.6. The van der Waals surface area contributed by atoms with Gasteiger partial charge in [0, 0.05) is 18.0 Å². The van der Waals surface area contributed by atoms with Crippen LogP contribution in [0.15, 0.2) is 16.0 Å². The number of hydrogen-bond donors (Lipinski definition) is 1. The Bertz CT molecular complexity index is 576. The summed E-state index contributed by atoms with van der Waals surface area (Å²) < 4.78 is 40.8. The third kappa shape index (κ3) is 2.35. The maximum absolute atomic E-state index is 12.2. The summed E-state index contributed by atoms with van der Waals surface area (Å²) >= 11 is 1.08. The van der Waals surface area contributed by atoms with E-state index in [2.05, 4.69) is 20.0 Å². The average molecular weight is 277 g/mol. The topological polar surface area (TPSA) is 68.0 Å². The Morgan fingerprint density at radius 2 is 2.22 bits per heavy atom. The molecule has 1 amide bonds. The minimum atomic E-state index is -4.68. The smallest absolute Gasteiger partial charge is 0.354 e. The van der Waals surface area contributed by atoms with Crippen LogP contribution in [0, 0.1) is 0 Å². The highest BCUT2D eigenvalue weighted by Crippen LogP contribution is 2.30. The quantitative estimate of drug-likeness (QED) is 0.913. The molecule has 96 valence electrons. The number of nitrogens with zero attached hydrogens (tertiary/aromatic N) is 2. The zero-order chi connectivity index (χ0) is 13.3.